The van der Waals surface area contributed by atoms with Crippen molar-refractivity contribution in [3.05, 3.63) is 39.9 Å². The van der Waals surface area contributed by atoms with E-state index in [1.807, 2.05) is 18.2 Å². The maximum Gasteiger partial charge on any atom is 0.0493 e. The van der Waals surface area contributed by atoms with Crippen molar-refractivity contribution in [1.29, 1.82) is 0 Å². The molecule has 1 aromatic carbocycles. The molecule has 0 nitrogen and oxygen atoms in total. The van der Waals surface area contributed by atoms with Crippen molar-refractivity contribution >= 4 is 29.3 Å². The van der Waals surface area contributed by atoms with E-state index in [2.05, 4.69) is 13.0 Å². The molecule has 64 valence electrons. The summed E-state index contributed by atoms with van der Waals surface area (Å²) >= 11 is 11.7. The SMILES string of the molecule is CC/C=C\c1ccc(Cl)cc1Cl. The van der Waals surface area contributed by atoms with Gasteiger partial charge in [-0.15, -0.1) is 0 Å². The second-order valence-corrected chi connectivity index (χ2v) is 3.32. The van der Waals surface area contributed by atoms with Crippen molar-refractivity contribution in [2.24, 2.45) is 0 Å². The first-order valence-corrected chi connectivity index (χ1v) is 4.61. The van der Waals surface area contributed by atoms with E-state index in [9.17, 15) is 0 Å². The Balaban J connectivity index is 2.94. The van der Waals surface area contributed by atoms with Gasteiger partial charge in [-0.25, -0.2) is 0 Å². The third-order valence-corrected chi connectivity index (χ3v) is 2.06. The van der Waals surface area contributed by atoms with Gasteiger partial charge in [0.05, 0.1) is 0 Å². The molecule has 1 rings (SSSR count). The van der Waals surface area contributed by atoms with Gasteiger partial charge in [0.15, 0.2) is 0 Å². The Labute approximate surface area is 82.8 Å². The predicted octanol–water partition coefficient (Wildman–Crippen LogP) is 4.42. The van der Waals surface area contributed by atoms with Crippen LogP contribution in [0.3, 0.4) is 0 Å². The van der Waals surface area contributed by atoms with Crippen molar-refractivity contribution in [3.63, 3.8) is 0 Å². The monoisotopic (exact) mass is 200 g/mol. The summed E-state index contributed by atoms with van der Waals surface area (Å²) in [5.74, 6) is 0. The summed E-state index contributed by atoms with van der Waals surface area (Å²) in [6.07, 6.45) is 5.08. The van der Waals surface area contributed by atoms with Gasteiger partial charge in [-0.2, -0.15) is 0 Å². The lowest BCUT2D eigenvalue weighted by atomic mass is 10.2. The third kappa shape index (κ3) is 2.54. The van der Waals surface area contributed by atoms with Gasteiger partial charge in [0.25, 0.3) is 0 Å². The van der Waals surface area contributed by atoms with Crippen LogP contribution >= 0.6 is 23.2 Å². The first-order chi connectivity index (χ1) is 5.74. The summed E-state index contributed by atoms with van der Waals surface area (Å²) in [7, 11) is 0. The fourth-order valence-electron chi connectivity index (χ4n) is 0.881. The number of hydrogen-bond donors (Lipinski definition) is 0. The van der Waals surface area contributed by atoms with Crippen molar-refractivity contribution in [1.82, 2.24) is 0 Å². The van der Waals surface area contributed by atoms with E-state index in [1.54, 1.807) is 6.07 Å². The van der Waals surface area contributed by atoms with Crippen LogP contribution < -0.4 is 0 Å². The van der Waals surface area contributed by atoms with Crippen LogP contribution in [0.15, 0.2) is 24.3 Å². The molecule has 0 fully saturated rings. The summed E-state index contributed by atoms with van der Waals surface area (Å²) in [6, 6.07) is 5.50. The largest absolute Gasteiger partial charge is 0.0843 e. The second-order valence-electron chi connectivity index (χ2n) is 2.48. The highest BCUT2D eigenvalue weighted by molar-refractivity contribution is 6.35. The lowest BCUT2D eigenvalue weighted by Crippen LogP contribution is -1.74. The molecule has 12 heavy (non-hydrogen) atoms. The minimum Gasteiger partial charge on any atom is -0.0843 e. The van der Waals surface area contributed by atoms with Crippen LogP contribution in [-0.2, 0) is 0 Å². The third-order valence-electron chi connectivity index (χ3n) is 1.50. The molecule has 2 heteroatoms. The van der Waals surface area contributed by atoms with E-state index < -0.39 is 0 Å². The van der Waals surface area contributed by atoms with E-state index in [4.69, 9.17) is 23.2 Å². The average Bonchev–Trinajstić information content (AvgIpc) is 2.03. The van der Waals surface area contributed by atoms with Crippen LogP contribution in [0.4, 0.5) is 0 Å². The van der Waals surface area contributed by atoms with Gasteiger partial charge in [-0.1, -0.05) is 48.3 Å². The Hall–Kier alpha value is -0.460. The van der Waals surface area contributed by atoms with Crippen molar-refractivity contribution in [2.75, 3.05) is 0 Å². The first kappa shape index (κ1) is 9.63. The van der Waals surface area contributed by atoms with E-state index in [0.29, 0.717) is 10.0 Å². The smallest absolute Gasteiger partial charge is 0.0493 e. The van der Waals surface area contributed by atoms with Gasteiger partial charge < -0.3 is 0 Å². The Morgan fingerprint density at radius 2 is 2.08 bits per heavy atom. The lowest BCUT2D eigenvalue weighted by molar-refractivity contribution is 1.23. The number of allylic oxidation sites excluding steroid dienone is 1. The summed E-state index contributed by atoms with van der Waals surface area (Å²) in [6.45, 7) is 2.08. The maximum atomic E-state index is 5.93. The Morgan fingerprint density at radius 1 is 1.33 bits per heavy atom. The van der Waals surface area contributed by atoms with Gasteiger partial charge in [0.2, 0.25) is 0 Å². The van der Waals surface area contributed by atoms with Gasteiger partial charge in [0.1, 0.15) is 0 Å². The zero-order valence-corrected chi connectivity index (χ0v) is 8.36. The zero-order chi connectivity index (χ0) is 8.97. The molecule has 0 unspecified atom stereocenters. The van der Waals surface area contributed by atoms with Crippen molar-refractivity contribution in [2.45, 2.75) is 13.3 Å². The van der Waals surface area contributed by atoms with Gasteiger partial charge in [-0.3, -0.25) is 0 Å². The molecule has 0 bridgehead atoms. The fraction of sp³-hybridized carbons (Fsp3) is 0.200. The van der Waals surface area contributed by atoms with E-state index in [-0.39, 0.29) is 0 Å². The minimum atomic E-state index is 0.675. The van der Waals surface area contributed by atoms with Gasteiger partial charge in [-0.05, 0) is 24.1 Å². The van der Waals surface area contributed by atoms with Crippen LogP contribution in [0.25, 0.3) is 6.08 Å². The molecule has 0 heterocycles. The lowest BCUT2D eigenvalue weighted by Gasteiger charge is -1.97. The second kappa shape index (κ2) is 4.54. The molecular formula is C10H10Cl2. The molecule has 0 spiro atoms. The van der Waals surface area contributed by atoms with Gasteiger partial charge in [0, 0.05) is 10.0 Å². The van der Waals surface area contributed by atoms with Crippen LogP contribution in [0.5, 0.6) is 0 Å². The predicted molar refractivity (Wildman–Crippen MR) is 55.8 cm³/mol. The summed E-state index contributed by atoms with van der Waals surface area (Å²) in [5, 5.41) is 1.38. The quantitative estimate of drug-likeness (QED) is 0.664. The molecular weight excluding hydrogens is 191 g/mol. The molecule has 0 saturated heterocycles. The molecule has 0 N–H and O–H groups in total. The van der Waals surface area contributed by atoms with Crippen LogP contribution in [0, 0.1) is 0 Å². The molecule has 0 atom stereocenters. The summed E-state index contributed by atoms with van der Waals surface area (Å²) < 4.78 is 0. The average molecular weight is 201 g/mol. The van der Waals surface area contributed by atoms with Gasteiger partial charge >= 0.3 is 0 Å². The molecule has 0 radical (unpaired) electrons. The Bertz CT molecular complexity index is 290. The molecule has 1 aromatic rings. The molecule has 0 amide bonds. The number of rotatable bonds is 2. The molecule has 0 saturated carbocycles. The van der Waals surface area contributed by atoms with Crippen LogP contribution in [0.1, 0.15) is 18.9 Å². The molecule has 0 aromatic heterocycles. The van der Waals surface area contributed by atoms with Crippen molar-refractivity contribution in [3.8, 4) is 0 Å². The molecule has 0 aliphatic carbocycles. The summed E-state index contributed by atoms with van der Waals surface area (Å²) in [5.41, 5.74) is 1.02. The number of benzene rings is 1. The Kier molecular flexibility index (Phi) is 3.64. The highest BCUT2D eigenvalue weighted by Crippen LogP contribution is 2.21. The normalized spacial score (nSPS) is 10.9. The Morgan fingerprint density at radius 3 is 2.67 bits per heavy atom. The van der Waals surface area contributed by atoms with Crippen molar-refractivity contribution < 1.29 is 0 Å². The number of halogens is 2. The minimum absolute atomic E-state index is 0.675. The highest BCUT2D eigenvalue weighted by atomic mass is 35.5. The summed E-state index contributed by atoms with van der Waals surface area (Å²) in [4.78, 5) is 0. The van der Waals surface area contributed by atoms with Crippen LogP contribution in [0.2, 0.25) is 10.0 Å². The fourth-order valence-corrected chi connectivity index (χ4v) is 1.35. The van der Waals surface area contributed by atoms with E-state index in [0.717, 1.165) is 12.0 Å². The maximum absolute atomic E-state index is 5.93. The number of hydrogen-bond acceptors (Lipinski definition) is 0. The topological polar surface area (TPSA) is 0 Å². The molecule has 0 aliphatic rings. The standard InChI is InChI=1S/C10H10Cl2/c1-2-3-4-8-5-6-9(11)7-10(8)12/h3-7H,2H2,1H3/b4-3-. The highest BCUT2D eigenvalue weighted by Gasteiger charge is 1.95. The zero-order valence-electron chi connectivity index (χ0n) is 6.85. The molecule has 0 aliphatic heterocycles. The first-order valence-electron chi connectivity index (χ1n) is 3.85. The van der Waals surface area contributed by atoms with E-state index >= 15 is 0 Å². The van der Waals surface area contributed by atoms with Crippen LogP contribution in [-0.4, -0.2) is 0 Å². The van der Waals surface area contributed by atoms with E-state index in [1.165, 1.54) is 0 Å².